The first-order valence-electron chi connectivity index (χ1n) is 10.3. The molecule has 0 aliphatic carbocycles. The van der Waals surface area contributed by atoms with Crippen molar-refractivity contribution in [1.29, 1.82) is 0 Å². The molecule has 1 amide bonds. The first-order chi connectivity index (χ1) is 14.0. The van der Waals surface area contributed by atoms with Crippen molar-refractivity contribution in [2.45, 2.75) is 31.8 Å². The Labute approximate surface area is 170 Å². The van der Waals surface area contributed by atoms with E-state index in [2.05, 4.69) is 0 Å². The molecular formula is C23H28N3O3+. The number of nitrogens with one attached hydrogen (secondary N) is 1. The topological polar surface area (TPSA) is 63.8 Å². The van der Waals surface area contributed by atoms with E-state index in [9.17, 15) is 14.4 Å². The van der Waals surface area contributed by atoms with Crippen LogP contribution in [0.25, 0.3) is 0 Å². The maximum Gasteiger partial charge on any atom is 0.250 e. The van der Waals surface area contributed by atoms with Gasteiger partial charge in [-0.1, -0.05) is 36.4 Å². The summed E-state index contributed by atoms with van der Waals surface area (Å²) < 4.78 is 1.90. The predicted octanol–water partition coefficient (Wildman–Crippen LogP) is 0.468. The maximum atomic E-state index is 12.6. The van der Waals surface area contributed by atoms with Crippen molar-refractivity contribution in [3.05, 3.63) is 70.1 Å². The Morgan fingerprint density at radius 3 is 2.69 bits per heavy atom. The first kappa shape index (κ1) is 19.6. The van der Waals surface area contributed by atoms with E-state index in [0.717, 1.165) is 37.3 Å². The van der Waals surface area contributed by atoms with E-state index in [1.54, 1.807) is 18.0 Å². The van der Waals surface area contributed by atoms with Gasteiger partial charge < -0.3 is 14.4 Å². The Bertz CT molecular complexity index is 953. The molecule has 1 fully saturated rings. The number of carbonyl (C=O) groups is 2. The summed E-state index contributed by atoms with van der Waals surface area (Å²) in [6, 6.07) is 15.3. The third-order valence-electron chi connectivity index (χ3n) is 6.16. The normalized spacial score (nSPS) is 22.6. The van der Waals surface area contributed by atoms with Gasteiger partial charge in [0.25, 0.3) is 5.56 Å². The minimum atomic E-state index is -0.132. The van der Waals surface area contributed by atoms with Gasteiger partial charge in [0.05, 0.1) is 19.5 Å². The molecule has 1 aromatic carbocycles. The van der Waals surface area contributed by atoms with Gasteiger partial charge in [-0.05, 0) is 18.1 Å². The Balaban J connectivity index is 1.32. The summed E-state index contributed by atoms with van der Waals surface area (Å²) in [5, 5.41) is 0. The SMILES string of the molecule is CN(Cc1ccccc1)C(=O)CC(=O)C[NH+]1C[C@@H]2C[C@H](C1)c1cccc(=O)n1C2. The van der Waals surface area contributed by atoms with Crippen LogP contribution in [0.2, 0.25) is 0 Å². The van der Waals surface area contributed by atoms with Crippen molar-refractivity contribution < 1.29 is 14.5 Å². The molecule has 0 spiro atoms. The molecule has 1 aromatic heterocycles. The smallest absolute Gasteiger partial charge is 0.250 e. The fraction of sp³-hybridized carbons (Fsp3) is 0.435. The number of amides is 1. The summed E-state index contributed by atoms with van der Waals surface area (Å²) in [4.78, 5) is 40.0. The molecule has 152 valence electrons. The molecule has 1 unspecified atom stereocenters. The van der Waals surface area contributed by atoms with Gasteiger partial charge in [0, 0.05) is 43.7 Å². The average molecular weight is 394 g/mol. The first-order valence-corrected chi connectivity index (χ1v) is 10.3. The van der Waals surface area contributed by atoms with Crippen molar-refractivity contribution in [2.75, 3.05) is 26.7 Å². The second-order valence-electron chi connectivity index (χ2n) is 8.48. The molecule has 0 radical (unpaired) electrons. The summed E-state index contributed by atoms with van der Waals surface area (Å²) in [6.45, 7) is 3.37. The van der Waals surface area contributed by atoms with Crippen LogP contribution >= 0.6 is 0 Å². The third kappa shape index (κ3) is 4.48. The molecule has 1 saturated heterocycles. The highest BCUT2D eigenvalue weighted by Crippen LogP contribution is 2.29. The Kier molecular flexibility index (Phi) is 5.62. The van der Waals surface area contributed by atoms with Crippen molar-refractivity contribution in [2.24, 2.45) is 5.92 Å². The summed E-state index contributed by atoms with van der Waals surface area (Å²) in [5.74, 6) is 0.596. The van der Waals surface area contributed by atoms with Gasteiger partial charge >= 0.3 is 0 Å². The van der Waals surface area contributed by atoms with Gasteiger partial charge in [-0.15, -0.1) is 0 Å². The van der Waals surface area contributed by atoms with Crippen LogP contribution in [0.5, 0.6) is 0 Å². The molecule has 2 aliphatic heterocycles. The van der Waals surface area contributed by atoms with Crippen LogP contribution in [-0.4, -0.2) is 47.8 Å². The number of piperidine rings is 1. The van der Waals surface area contributed by atoms with Crippen molar-refractivity contribution in [1.82, 2.24) is 9.47 Å². The zero-order chi connectivity index (χ0) is 20.4. The van der Waals surface area contributed by atoms with Crippen molar-refractivity contribution >= 4 is 11.7 Å². The Morgan fingerprint density at radius 1 is 1.10 bits per heavy atom. The van der Waals surface area contributed by atoms with Gasteiger partial charge in [-0.3, -0.25) is 14.4 Å². The molecule has 0 saturated carbocycles. The Morgan fingerprint density at radius 2 is 1.90 bits per heavy atom. The van der Waals surface area contributed by atoms with E-state index in [4.69, 9.17) is 0 Å². The van der Waals surface area contributed by atoms with E-state index >= 15 is 0 Å². The lowest BCUT2D eigenvalue weighted by Gasteiger charge is -2.40. The van der Waals surface area contributed by atoms with Gasteiger partial charge in [0.1, 0.15) is 6.54 Å². The van der Waals surface area contributed by atoms with Gasteiger partial charge in [0.2, 0.25) is 5.91 Å². The number of carbonyl (C=O) groups excluding carboxylic acids is 2. The quantitative estimate of drug-likeness (QED) is 0.725. The summed E-state index contributed by atoms with van der Waals surface area (Å²) in [5.41, 5.74) is 2.22. The molecule has 6 heteroatoms. The highest BCUT2D eigenvalue weighted by molar-refractivity contribution is 5.98. The predicted molar refractivity (Wildman–Crippen MR) is 110 cm³/mol. The lowest BCUT2D eigenvalue weighted by Crippen LogP contribution is -3.15. The number of hydrogen-bond donors (Lipinski definition) is 1. The summed E-state index contributed by atoms with van der Waals surface area (Å²) >= 11 is 0. The number of benzene rings is 1. The van der Waals surface area contributed by atoms with Crippen LogP contribution < -0.4 is 10.5 Å². The average Bonchev–Trinajstić information content (AvgIpc) is 2.69. The van der Waals surface area contributed by atoms with Gasteiger partial charge in [-0.2, -0.15) is 0 Å². The van der Waals surface area contributed by atoms with Crippen LogP contribution in [0.3, 0.4) is 0 Å². The van der Waals surface area contributed by atoms with E-state index in [1.807, 2.05) is 47.0 Å². The number of hydrogen-bond acceptors (Lipinski definition) is 3. The van der Waals surface area contributed by atoms with Gasteiger partial charge in [0.15, 0.2) is 5.78 Å². The molecule has 2 aliphatic rings. The summed E-state index contributed by atoms with van der Waals surface area (Å²) in [7, 11) is 1.75. The van der Waals surface area contributed by atoms with Crippen LogP contribution in [0.15, 0.2) is 53.3 Å². The van der Waals surface area contributed by atoms with Crippen LogP contribution in [-0.2, 0) is 22.7 Å². The number of Topliss-reactive ketones (excluding diaryl/α,β-unsaturated/α-hetero) is 1. The largest absolute Gasteiger partial charge is 0.341 e. The minimum Gasteiger partial charge on any atom is -0.341 e. The fourth-order valence-corrected chi connectivity index (χ4v) is 4.85. The van der Waals surface area contributed by atoms with Crippen LogP contribution in [0.4, 0.5) is 0 Å². The molecule has 4 rings (SSSR count). The number of nitrogens with zero attached hydrogens (tertiary/aromatic N) is 2. The third-order valence-corrected chi connectivity index (χ3v) is 6.16. The molecule has 29 heavy (non-hydrogen) atoms. The lowest BCUT2D eigenvalue weighted by molar-refractivity contribution is -0.903. The van der Waals surface area contributed by atoms with Crippen molar-refractivity contribution in [3.63, 3.8) is 0 Å². The lowest BCUT2D eigenvalue weighted by atomic mass is 9.83. The van der Waals surface area contributed by atoms with Crippen LogP contribution in [0, 0.1) is 5.92 Å². The molecule has 2 aromatic rings. The monoisotopic (exact) mass is 394 g/mol. The summed E-state index contributed by atoms with van der Waals surface area (Å²) in [6.07, 6.45) is 1.04. The van der Waals surface area contributed by atoms with Crippen molar-refractivity contribution in [3.8, 4) is 0 Å². The minimum absolute atomic E-state index is 0.00432. The number of likely N-dealkylation sites (tertiary alicyclic amines) is 1. The highest BCUT2D eigenvalue weighted by atomic mass is 16.2. The molecule has 3 heterocycles. The number of pyridine rings is 1. The van der Waals surface area contributed by atoms with E-state index in [1.165, 1.54) is 4.90 Å². The van der Waals surface area contributed by atoms with E-state index < -0.39 is 0 Å². The second-order valence-corrected chi connectivity index (χ2v) is 8.48. The standard InChI is InChI=1S/C23H27N3O3/c1-24(12-17-6-3-2-4-7-17)23(29)11-20(27)16-25-13-18-10-19(15-25)21-8-5-9-22(28)26(21)14-18/h2-9,18-19H,10-16H2,1H3/p+1/t18-,19+/m0/s1. The number of fused-ring (bicyclic) bond motifs is 4. The van der Waals surface area contributed by atoms with Gasteiger partial charge in [-0.25, -0.2) is 0 Å². The maximum absolute atomic E-state index is 12.6. The Hall–Kier alpha value is -2.73. The molecular weight excluding hydrogens is 366 g/mol. The molecule has 1 N–H and O–H groups in total. The van der Waals surface area contributed by atoms with Crippen LogP contribution in [0.1, 0.15) is 30.0 Å². The molecule has 2 bridgehead atoms. The number of rotatable bonds is 6. The van der Waals surface area contributed by atoms with E-state index in [0.29, 0.717) is 24.9 Å². The second kappa shape index (κ2) is 8.33. The highest BCUT2D eigenvalue weighted by Gasteiger charge is 2.37. The molecule has 6 nitrogen and oxygen atoms in total. The van der Waals surface area contributed by atoms with E-state index in [-0.39, 0.29) is 23.7 Å². The fourth-order valence-electron chi connectivity index (χ4n) is 4.85. The number of ketones is 1. The zero-order valence-electron chi connectivity index (χ0n) is 16.8. The number of aromatic nitrogens is 1. The zero-order valence-corrected chi connectivity index (χ0v) is 16.8. The molecule has 3 atom stereocenters. The number of quaternary nitrogens is 1.